The Morgan fingerprint density at radius 2 is 0.935 bits per heavy atom. The summed E-state index contributed by atoms with van der Waals surface area (Å²) in [7, 11) is 1.34. The summed E-state index contributed by atoms with van der Waals surface area (Å²) in [5.74, 6) is -0.354. The molecular weight excluding hydrogens is 794 g/mol. The van der Waals surface area contributed by atoms with Crippen LogP contribution in [0, 0.1) is 0 Å². The van der Waals surface area contributed by atoms with Gasteiger partial charge in [-0.05, 0) is 51.4 Å². The second-order valence-electron chi connectivity index (χ2n) is 18.5. The summed E-state index contributed by atoms with van der Waals surface area (Å²) in [4.78, 5) is 25.1. The van der Waals surface area contributed by atoms with Crippen molar-refractivity contribution in [2.75, 3.05) is 54.1 Å². The number of unbranched alkanes of at least 4 members (excludes halogenated alkanes) is 26. The van der Waals surface area contributed by atoms with Gasteiger partial charge in [0, 0.05) is 13.0 Å². The fourth-order valence-corrected chi connectivity index (χ4v) is 7.91. The summed E-state index contributed by atoms with van der Waals surface area (Å²) in [5.41, 5.74) is 0. The second kappa shape index (κ2) is 46.0. The minimum atomic E-state index is -4.54. The number of carbonyl (C=O) groups is 1. The zero-order chi connectivity index (χ0) is 45.5. The third-order valence-electron chi connectivity index (χ3n) is 11.1. The number of hydrogen-bond acceptors (Lipinski definition) is 7. The predicted octanol–water partition coefficient (Wildman–Crippen LogP) is 15.3. The zero-order valence-corrected chi connectivity index (χ0v) is 42.2. The lowest BCUT2D eigenvalue weighted by Gasteiger charge is -2.28. The van der Waals surface area contributed by atoms with Crippen LogP contribution in [0.15, 0.2) is 48.6 Å². The molecule has 8 nitrogen and oxygen atoms in total. The first-order valence-electron chi connectivity index (χ1n) is 25.9. The number of phosphoric acid groups is 1. The molecule has 2 unspecified atom stereocenters. The summed E-state index contributed by atoms with van der Waals surface area (Å²) in [5, 5.41) is 0. The van der Waals surface area contributed by atoms with E-state index in [1.165, 1.54) is 135 Å². The van der Waals surface area contributed by atoms with E-state index in [9.17, 15) is 14.3 Å². The van der Waals surface area contributed by atoms with E-state index in [1.54, 1.807) is 0 Å². The first-order chi connectivity index (χ1) is 30.1. The molecule has 0 fully saturated rings. The number of quaternary nitrogens is 1. The van der Waals surface area contributed by atoms with Crippen LogP contribution < -0.4 is 4.89 Å². The van der Waals surface area contributed by atoms with E-state index in [1.807, 2.05) is 21.1 Å². The lowest BCUT2D eigenvalue weighted by atomic mass is 10.0. The van der Waals surface area contributed by atoms with Crippen molar-refractivity contribution in [1.82, 2.24) is 0 Å². The standard InChI is InChI=1S/C53H100NO7P/c1-6-8-10-12-14-16-18-20-22-24-25-26-27-28-29-31-33-35-37-39-41-43-45-48-58-50-52(51-60-62(56,57)59-49-47-54(3,4)5)61-53(55)46-44-42-40-38-36-34-32-30-23-21-19-17-15-13-11-9-7-2/h9,11,15,17,21,23,32,34,52H,6-8,10,12-14,16,18-20,22,24-31,33,35-51H2,1-5H3/b11-9-,17-15-,23-21-,34-32-. The Bertz CT molecular complexity index is 1130. The van der Waals surface area contributed by atoms with Gasteiger partial charge >= 0.3 is 5.97 Å². The van der Waals surface area contributed by atoms with Crippen LogP contribution in [0.4, 0.5) is 0 Å². The maximum atomic E-state index is 12.7. The Morgan fingerprint density at radius 1 is 0.516 bits per heavy atom. The summed E-state index contributed by atoms with van der Waals surface area (Å²) in [6.07, 6.45) is 57.2. The Labute approximate surface area is 384 Å². The molecule has 0 radical (unpaired) electrons. The molecule has 0 bridgehead atoms. The number of phosphoric ester groups is 1. The van der Waals surface area contributed by atoms with Crippen LogP contribution in [0.2, 0.25) is 0 Å². The van der Waals surface area contributed by atoms with Gasteiger partial charge in [-0.3, -0.25) is 9.36 Å². The topological polar surface area (TPSA) is 94.1 Å². The number of likely N-dealkylation sites (N-methyl/N-ethyl adjacent to an activating group) is 1. The molecular formula is C53H100NO7P. The van der Waals surface area contributed by atoms with E-state index in [-0.39, 0.29) is 32.2 Å². The van der Waals surface area contributed by atoms with Crippen LogP contribution in [0.5, 0.6) is 0 Å². The number of nitrogens with zero attached hydrogens (tertiary/aromatic N) is 1. The van der Waals surface area contributed by atoms with Gasteiger partial charge in [0.25, 0.3) is 7.82 Å². The monoisotopic (exact) mass is 894 g/mol. The highest BCUT2D eigenvalue weighted by Crippen LogP contribution is 2.38. The SMILES string of the molecule is CC/C=C\C/C=C\C/C=C\C/C=C\CCCCCCC(=O)OC(COCCCCCCCCCCCCCCCCCCCCCCCCC)COP(=O)([O-])OCC[N+](C)(C)C. The van der Waals surface area contributed by atoms with Crippen LogP contribution in [0.3, 0.4) is 0 Å². The van der Waals surface area contributed by atoms with Gasteiger partial charge in [-0.2, -0.15) is 0 Å². The van der Waals surface area contributed by atoms with E-state index >= 15 is 0 Å². The van der Waals surface area contributed by atoms with Crippen molar-refractivity contribution in [3.8, 4) is 0 Å². The molecule has 0 aliphatic heterocycles. The van der Waals surface area contributed by atoms with Gasteiger partial charge < -0.3 is 27.9 Å². The average Bonchev–Trinajstić information content (AvgIpc) is 3.23. The Morgan fingerprint density at radius 3 is 1.40 bits per heavy atom. The van der Waals surface area contributed by atoms with Crippen molar-refractivity contribution in [3.63, 3.8) is 0 Å². The van der Waals surface area contributed by atoms with Crippen LogP contribution in [-0.4, -0.2) is 70.7 Å². The molecule has 0 aromatic heterocycles. The molecule has 0 aliphatic carbocycles. The van der Waals surface area contributed by atoms with Crippen LogP contribution in [-0.2, 0) is 27.9 Å². The first-order valence-corrected chi connectivity index (χ1v) is 27.3. The van der Waals surface area contributed by atoms with Crippen molar-refractivity contribution in [3.05, 3.63) is 48.6 Å². The van der Waals surface area contributed by atoms with Crippen molar-refractivity contribution >= 4 is 13.8 Å². The minimum absolute atomic E-state index is 0.0209. The molecule has 0 aliphatic rings. The van der Waals surface area contributed by atoms with Crippen LogP contribution in [0.25, 0.3) is 0 Å². The molecule has 0 saturated carbocycles. The molecule has 364 valence electrons. The van der Waals surface area contributed by atoms with Crippen LogP contribution >= 0.6 is 7.82 Å². The third kappa shape index (κ3) is 49.5. The molecule has 0 rings (SSSR count). The number of rotatable bonds is 48. The predicted molar refractivity (Wildman–Crippen MR) is 263 cm³/mol. The summed E-state index contributed by atoms with van der Waals surface area (Å²) in [6.45, 7) is 5.30. The number of hydrogen-bond donors (Lipinski definition) is 0. The van der Waals surface area contributed by atoms with Gasteiger partial charge in [0.15, 0.2) is 0 Å². The fourth-order valence-electron chi connectivity index (χ4n) is 7.19. The first kappa shape index (κ1) is 60.5. The smallest absolute Gasteiger partial charge is 0.306 e. The molecule has 2 atom stereocenters. The third-order valence-corrected chi connectivity index (χ3v) is 12.1. The van der Waals surface area contributed by atoms with Crippen molar-refractivity contribution in [1.29, 1.82) is 0 Å². The molecule has 9 heteroatoms. The van der Waals surface area contributed by atoms with E-state index in [4.69, 9.17) is 18.5 Å². The fraction of sp³-hybridized carbons (Fsp3) is 0.830. The molecule has 0 heterocycles. The van der Waals surface area contributed by atoms with Gasteiger partial charge in [-0.25, -0.2) is 0 Å². The lowest BCUT2D eigenvalue weighted by Crippen LogP contribution is -2.37. The van der Waals surface area contributed by atoms with E-state index in [0.717, 1.165) is 70.6 Å². The quantitative estimate of drug-likeness (QED) is 0.0197. The Kier molecular flexibility index (Phi) is 44.9. The van der Waals surface area contributed by atoms with Crippen molar-refractivity contribution in [2.24, 2.45) is 0 Å². The highest BCUT2D eigenvalue weighted by molar-refractivity contribution is 7.45. The molecule has 0 aromatic carbocycles. The average molecular weight is 894 g/mol. The largest absolute Gasteiger partial charge is 0.756 e. The van der Waals surface area contributed by atoms with Gasteiger partial charge in [-0.15, -0.1) is 0 Å². The van der Waals surface area contributed by atoms with Gasteiger partial charge in [0.2, 0.25) is 0 Å². The maximum absolute atomic E-state index is 12.7. The highest BCUT2D eigenvalue weighted by Gasteiger charge is 2.20. The lowest BCUT2D eigenvalue weighted by molar-refractivity contribution is -0.870. The van der Waals surface area contributed by atoms with Gasteiger partial charge in [-0.1, -0.05) is 217 Å². The molecule has 62 heavy (non-hydrogen) atoms. The molecule has 0 saturated heterocycles. The van der Waals surface area contributed by atoms with Crippen molar-refractivity contribution in [2.45, 2.75) is 232 Å². The summed E-state index contributed by atoms with van der Waals surface area (Å²) < 4.78 is 34.7. The summed E-state index contributed by atoms with van der Waals surface area (Å²) in [6, 6.07) is 0. The normalized spacial score (nSPS) is 14.0. The maximum Gasteiger partial charge on any atom is 0.306 e. The van der Waals surface area contributed by atoms with E-state index < -0.39 is 13.9 Å². The van der Waals surface area contributed by atoms with Gasteiger partial charge in [0.05, 0.1) is 34.4 Å². The van der Waals surface area contributed by atoms with Crippen molar-refractivity contribution < 1.29 is 37.3 Å². The van der Waals surface area contributed by atoms with E-state index in [2.05, 4.69) is 62.5 Å². The second-order valence-corrected chi connectivity index (χ2v) is 19.9. The number of carbonyl (C=O) groups excluding carboxylic acids is 1. The molecule has 0 N–H and O–H groups in total. The van der Waals surface area contributed by atoms with Gasteiger partial charge in [0.1, 0.15) is 19.3 Å². The zero-order valence-electron chi connectivity index (χ0n) is 41.3. The molecule has 0 spiro atoms. The summed E-state index contributed by atoms with van der Waals surface area (Å²) >= 11 is 0. The Balaban J connectivity index is 4.12. The highest BCUT2D eigenvalue weighted by atomic mass is 31.2. The molecule has 0 amide bonds. The minimum Gasteiger partial charge on any atom is -0.756 e. The number of allylic oxidation sites excluding steroid dienone is 8. The number of ether oxygens (including phenoxy) is 2. The van der Waals surface area contributed by atoms with Crippen LogP contribution in [0.1, 0.15) is 226 Å². The molecule has 0 aromatic rings. The Hall–Kier alpha value is -1.54. The van der Waals surface area contributed by atoms with E-state index in [0.29, 0.717) is 17.6 Å². The number of esters is 1.